The molecule has 3 aromatic carbocycles. The van der Waals surface area contributed by atoms with E-state index in [4.69, 9.17) is 14.5 Å². The quantitative estimate of drug-likeness (QED) is 0.0831. The number of imide groups is 1. The number of carbonyl (C=O) groups excluding carboxylic acids is 4. The van der Waals surface area contributed by atoms with Gasteiger partial charge >= 0.3 is 5.97 Å². The second-order valence-electron chi connectivity index (χ2n) is 11.9. The van der Waals surface area contributed by atoms with Crippen LogP contribution >= 0.6 is 47.8 Å². The van der Waals surface area contributed by atoms with Crippen LogP contribution in [0.25, 0.3) is 22.2 Å². The van der Waals surface area contributed by atoms with Crippen molar-refractivity contribution in [1.29, 1.82) is 0 Å². The van der Waals surface area contributed by atoms with Crippen molar-refractivity contribution in [1.82, 2.24) is 4.98 Å². The number of methoxy groups -OCH3 is 1. The third-order valence-corrected chi connectivity index (χ3v) is 13.1. The number of hydrogen-bond acceptors (Lipinski definition) is 7. The Morgan fingerprint density at radius 1 is 0.891 bits per heavy atom. The molecule has 7 unspecified atom stereocenters. The highest BCUT2D eigenvalue weighted by Gasteiger charge is 2.66. The molecule has 2 aliphatic carbocycles. The van der Waals surface area contributed by atoms with Gasteiger partial charge in [0.25, 0.3) is 0 Å². The van der Waals surface area contributed by atoms with Gasteiger partial charge in [-0.25, -0.2) is 9.78 Å². The maximum atomic E-state index is 13.6. The molecule has 0 radical (unpaired) electrons. The van der Waals surface area contributed by atoms with E-state index in [2.05, 4.69) is 47.8 Å². The number of benzene rings is 3. The Labute approximate surface area is 290 Å². The number of nitrogens with zero attached hydrogens (tertiary/aromatic N) is 2. The number of aromatic nitrogens is 1. The number of amides is 2. The van der Waals surface area contributed by atoms with Crippen LogP contribution in [0, 0.1) is 23.7 Å². The topological polar surface area (TPSA) is 103 Å². The molecule has 46 heavy (non-hydrogen) atoms. The summed E-state index contributed by atoms with van der Waals surface area (Å²) in [6, 6.07) is 20.7. The van der Waals surface area contributed by atoms with E-state index in [0.29, 0.717) is 39.2 Å². The fourth-order valence-electron chi connectivity index (χ4n) is 7.17. The van der Waals surface area contributed by atoms with Crippen molar-refractivity contribution in [3.8, 4) is 17.0 Å². The molecule has 2 heterocycles. The zero-order valence-corrected chi connectivity index (χ0v) is 29.4. The van der Waals surface area contributed by atoms with Crippen molar-refractivity contribution in [3.63, 3.8) is 0 Å². The third kappa shape index (κ3) is 5.11. The summed E-state index contributed by atoms with van der Waals surface area (Å²) in [6.45, 7) is 1.54. The molecule has 11 heteroatoms. The molecule has 7 rings (SSSR count). The van der Waals surface area contributed by atoms with Gasteiger partial charge in [-0.3, -0.25) is 19.3 Å². The number of ketones is 1. The lowest BCUT2D eigenvalue weighted by Crippen LogP contribution is -2.37. The minimum atomic E-state index is -1.04. The number of esters is 1. The summed E-state index contributed by atoms with van der Waals surface area (Å²) < 4.78 is 11.6. The van der Waals surface area contributed by atoms with Crippen molar-refractivity contribution in [2.75, 3.05) is 12.0 Å². The second kappa shape index (κ2) is 12.0. The number of halogens is 3. The number of pyridine rings is 1. The van der Waals surface area contributed by atoms with E-state index in [1.54, 1.807) is 80.8 Å². The summed E-state index contributed by atoms with van der Waals surface area (Å²) in [5.41, 5.74) is 2.91. The van der Waals surface area contributed by atoms with Crippen molar-refractivity contribution in [2.45, 2.75) is 29.1 Å². The lowest BCUT2D eigenvalue weighted by atomic mass is 9.81. The molecule has 0 N–H and O–H groups in total. The largest absolute Gasteiger partial charge is 0.497 e. The lowest BCUT2D eigenvalue weighted by Gasteiger charge is -2.28. The third-order valence-electron chi connectivity index (χ3n) is 9.43. The summed E-state index contributed by atoms with van der Waals surface area (Å²) in [4.78, 5) is 60.1. The van der Waals surface area contributed by atoms with Gasteiger partial charge in [0, 0.05) is 30.6 Å². The van der Waals surface area contributed by atoms with Gasteiger partial charge in [0.1, 0.15) is 5.75 Å². The molecule has 3 aliphatic rings. The van der Waals surface area contributed by atoms with Gasteiger partial charge in [-0.2, -0.15) is 0 Å². The van der Waals surface area contributed by atoms with Crippen LogP contribution in [0.1, 0.15) is 34.1 Å². The zero-order valence-electron chi connectivity index (χ0n) is 24.7. The average molecular weight is 811 g/mol. The number of alkyl halides is 2. The fourth-order valence-corrected chi connectivity index (χ4v) is 9.40. The Bertz CT molecular complexity index is 1880. The number of Topliss-reactive ketones (excluding diaryl/α,β-unsaturated/α-hetero) is 1. The molecule has 8 nitrogen and oxygen atoms in total. The van der Waals surface area contributed by atoms with Gasteiger partial charge in [-0.15, -0.1) is 0 Å². The maximum absolute atomic E-state index is 13.6. The Balaban J connectivity index is 1.16. The van der Waals surface area contributed by atoms with Crippen LogP contribution in [-0.2, 0) is 14.3 Å². The van der Waals surface area contributed by atoms with Gasteiger partial charge in [0.2, 0.25) is 17.6 Å². The van der Waals surface area contributed by atoms with Crippen molar-refractivity contribution >= 4 is 87.9 Å². The monoisotopic (exact) mass is 808 g/mol. The van der Waals surface area contributed by atoms with Crippen LogP contribution in [0.15, 0.2) is 77.3 Å². The van der Waals surface area contributed by atoms with E-state index < -0.39 is 12.1 Å². The number of anilines is 1. The van der Waals surface area contributed by atoms with Crippen LogP contribution in [0.4, 0.5) is 5.69 Å². The molecule has 1 saturated heterocycles. The minimum absolute atomic E-state index is 0.134. The first-order valence-corrected chi connectivity index (χ1v) is 17.5. The molecular formula is C35H27Br3N2O6. The smallest absolute Gasteiger partial charge is 0.339 e. The first kappa shape index (κ1) is 31.2. The predicted molar refractivity (Wildman–Crippen MR) is 184 cm³/mol. The Hall–Kier alpha value is -3.41. The van der Waals surface area contributed by atoms with Crippen molar-refractivity contribution < 1.29 is 28.7 Å². The summed E-state index contributed by atoms with van der Waals surface area (Å²) in [5, 5.41) is 0.563. The summed E-state index contributed by atoms with van der Waals surface area (Å²) >= 11 is 10.9. The highest BCUT2D eigenvalue weighted by molar-refractivity contribution is 9.12. The second-order valence-corrected chi connectivity index (χ2v) is 14.9. The lowest BCUT2D eigenvalue weighted by molar-refractivity contribution is -0.123. The molecule has 1 aromatic heterocycles. The van der Waals surface area contributed by atoms with Crippen LogP contribution in [-0.4, -0.2) is 51.4 Å². The van der Waals surface area contributed by atoms with Gasteiger partial charge < -0.3 is 9.47 Å². The number of hydrogen-bond donors (Lipinski definition) is 0. The number of fused-ring (bicyclic) bond motifs is 6. The van der Waals surface area contributed by atoms with E-state index >= 15 is 0 Å². The summed E-state index contributed by atoms with van der Waals surface area (Å²) in [6.07, 6.45) is -0.168. The van der Waals surface area contributed by atoms with Crippen LogP contribution in [0.3, 0.4) is 0 Å². The molecule has 2 bridgehead atoms. The predicted octanol–water partition coefficient (Wildman–Crippen LogP) is 7.38. The summed E-state index contributed by atoms with van der Waals surface area (Å²) in [7, 11) is 1.54. The van der Waals surface area contributed by atoms with Crippen LogP contribution in [0.5, 0.6) is 5.75 Å². The molecule has 7 atom stereocenters. The van der Waals surface area contributed by atoms with E-state index in [-0.39, 0.29) is 56.5 Å². The molecule has 4 aromatic rings. The van der Waals surface area contributed by atoms with Crippen molar-refractivity contribution in [2.24, 2.45) is 23.7 Å². The Morgan fingerprint density at radius 3 is 2.13 bits per heavy atom. The van der Waals surface area contributed by atoms with Gasteiger partial charge in [-0.1, -0.05) is 59.9 Å². The van der Waals surface area contributed by atoms with Crippen LogP contribution in [0.2, 0.25) is 0 Å². The molecule has 2 saturated carbocycles. The molecular weight excluding hydrogens is 784 g/mol. The van der Waals surface area contributed by atoms with Gasteiger partial charge in [0.05, 0.1) is 41.4 Å². The SMILES string of the molecule is COc1ccc(C(=O)C(C)OC(=O)c2cc(-c3ccc(N4C(=O)C5C6CC(C(Br)C6Br)C5C4=O)cc3)nc3ccc(Br)cc23)cc1. The average Bonchev–Trinajstić information content (AvgIpc) is 3.68. The van der Waals surface area contributed by atoms with Gasteiger partial charge in [-0.05, 0) is 85.8 Å². The highest BCUT2D eigenvalue weighted by Crippen LogP contribution is 2.60. The first-order chi connectivity index (χ1) is 22.1. The Morgan fingerprint density at radius 2 is 1.52 bits per heavy atom. The molecule has 3 fully saturated rings. The minimum Gasteiger partial charge on any atom is -0.497 e. The summed E-state index contributed by atoms with van der Waals surface area (Å²) in [5.74, 6) is -1.01. The van der Waals surface area contributed by atoms with Crippen molar-refractivity contribution in [3.05, 3.63) is 88.4 Å². The number of rotatable bonds is 7. The number of ether oxygens (including phenoxy) is 2. The molecule has 234 valence electrons. The van der Waals surface area contributed by atoms with Gasteiger partial charge in [0.15, 0.2) is 6.10 Å². The van der Waals surface area contributed by atoms with E-state index in [0.717, 1.165) is 10.9 Å². The standard InChI is InChI=1S/C35H27Br3N2O6/c1-16(32(41)18-5-10-21(45-2)11-6-18)46-35(44)23-15-27(39-26-12-7-19(36)13-22(23)26)17-3-8-20(9-4-17)40-33(42)28-24-14-25(29(28)34(40)43)31(38)30(24)37/h3-13,15-16,24-25,28-31H,14H2,1-2H3. The zero-order chi connectivity index (χ0) is 32.4. The number of carbonyl (C=O) groups is 4. The van der Waals surface area contributed by atoms with Crippen LogP contribution < -0.4 is 9.64 Å². The Kier molecular flexibility index (Phi) is 8.13. The van der Waals surface area contributed by atoms with E-state index in [1.807, 2.05) is 6.07 Å². The fraction of sp³-hybridized carbons (Fsp3) is 0.286. The molecule has 0 spiro atoms. The first-order valence-electron chi connectivity index (χ1n) is 14.8. The highest BCUT2D eigenvalue weighted by atomic mass is 79.9. The van der Waals surface area contributed by atoms with E-state index in [9.17, 15) is 19.2 Å². The maximum Gasteiger partial charge on any atom is 0.339 e. The van der Waals surface area contributed by atoms with E-state index in [1.165, 1.54) is 4.90 Å². The molecule has 2 amide bonds. The normalized spacial score (nSPS) is 25.5. The molecule has 1 aliphatic heterocycles.